The highest BCUT2D eigenvalue weighted by Gasteiger charge is 2.58. The van der Waals surface area contributed by atoms with Crippen LogP contribution in [0.25, 0.3) is 0 Å². The summed E-state index contributed by atoms with van der Waals surface area (Å²) in [5, 5.41) is 10.0. The van der Waals surface area contributed by atoms with Gasteiger partial charge in [0.25, 0.3) is 0 Å². The van der Waals surface area contributed by atoms with Crippen molar-refractivity contribution >= 4 is 12.1 Å². The van der Waals surface area contributed by atoms with Crippen molar-refractivity contribution in [3.63, 3.8) is 0 Å². The van der Waals surface area contributed by atoms with E-state index in [-0.39, 0.29) is 12.0 Å². The molecule has 0 aromatic rings. The third-order valence-corrected chi connectivity index (χ3v) is 4.66. The van der Waals surface area contributed by atoms with Gasteiger partial charge in [-0.15, -0.1) is 0 Å². The van der Waals surface area contributed by atoms with Crippen molar-refractivity contribution in [1.82, 2.24) is 9.80 Å². The van der Waals surface area contributed by atoms with Crippen molar-refractivity contribution in [2.24, 2.45) is 5.92 Å². The Hall–Kier alpha value is -1.30. The number of aliphatic carboxylic acids is 1. The molecule has 2 aliphatic heterocycles. The van der Waals surface area contributed by atoms with E-state index in [1.165, 1.54) is 4.90 Å². The average molecular weight is 312 g/mol. The minimum atomic E-state index is -1.15. The first kappa shape index (κ1) is 17.1. The Labute approximate surface area is 132 Å². The number of carbonyl (C=O) groups is 2. The summed E-state index contributed by atoms with van der Waals surface area (Å²) in [5.74, 6) is -0.938. The zero-order valence-corrected chi connectivity index (χ0v) is 14.3. The van der Waals surface area contributed by atoms with E-state index in [1.807, 2.05) is 13.8 Å². The molecule has 3 atom stereocenters. The second-order valence-electron chi connectivity index (χ2n) is 7.71. The first-order valence-electron chi connectivity index (χ1n) is 8.06. The molecule has 6 nitrogen and oxygen atoms in total. The van der Waals surface area contributed by atoms with Gasteiger partial charge in [0, 0.05) is 25.0 Å². The Morgan fingerprint density at radius 3 is 2.45 bits per heavy atom. The predicted molar refractivity (Wildman–Crippen MR) is 82.7 cm³/mol. The minimum Gasteiger partial charge on any atom is -0.479 e. The summed E-state index contributed by atoms with van der Waals surface area (Å²) >= 11 is 0. The molecule has 0 aromatic carbocycles. The molecular formula is C16H28N2O4. The van der Waals surface area contributed by atoms with Gasteiger partial charge < -0.3 is 14.7 Å². The molecule has 2 fully saturated rings. The molecule has 1 amide bonds. The highest BCUT2D eigenvalue weighted by Crippen LogP contribution is 2.42. The van der Waals surface area contributed by atoms with Crippen LogP contribution < -0.4 is 0 Å². The van der Waals surface area contributed by atoms with Crippen LogP contribution in [-0.2, 0) is 9.53 Å². The minimum absolute atomic E-state index is 0.0336. The van der Waals surface area contributed by atoms with E-state index in [4.69, 9.17) is 4.74 Å². The summed E-state index contributed by atoms with van der Waals surface area (Å²) in [7, 11) is 0. The van der Waals surface area contributed by atoms with Gasteiger partial charge in [0.15, 0.2) is 0 Å². The van der Waals surface area contributed by atoms with Crippen molar-refractivity contribution < 1.29 is 19.4 Å². The average Bonchev–Trinajstić information content (AvgIpc) is 2.73. The number of hydrogen-bond donors (Lipinski definition) is 1. The standard InChI is InChI=1S/C16H28N2O4/c1-11(2)18(14(21)22-15(3,4)5)16(13(19)20)7-9-17-8-6-12(16)10-17/h11-12H,6-10H2,1-5H3,(H,19,20). The van der Waals surface area contributed by atoms with E-state index >= 15 is 0 Å². The lowest BCUT2D eigenvalue weighted by Crippen LogP contribution is -2.66. The van der Waals surface area contributed by atoms with Crippen LogP contribution in [0.4, 0.5) is 4.79 Å². The molecule has 2 saturated heterocycles. The Balaban J connectivity index is 2.38. The molecule has 1 N–H and O–H groups in total. The van der Waals surface area contributed by atoms with Gasteiger partial charge in [0.1, 0.15) is 11.1 Å². The third-order valence-electron chi connectivity index (χ3n) is 4.66. The van der Waals surface area contributed by atoms with Gasteiger partial charge in [-0.3, -0.25) is 4.90 Å². The molecule has 2 heterocycles. The topological polar surface area (TPSA) is 70.1 Å². The predicted octanol–water partition coefficient (Wildman–Crippen LogP) is 2.18. The fourth-order valence-electron chi connectivity index (χ4n) is 3.81. The second-order valence-corrected chi connectivity index (χ2v) is 7.71. The number of ether oxygens (including phenoxy) is 1. The quantitative estimate of drug-likeness (QED) is 0.865. The molecule has 22 heavy (non-hydrogen) atoms. The molecule has 0 radical (unpaired) electrons. The number of carboxylic acid groups (broad SMARTS) is 1. The summed E-state index contributed by atoms with van der Waals surface area (Å²) < 4.78 is 5.51. The maximum Gasteiger partial charge on any atom is 0.411 e. The van der Waals surface area contributed by atoms with Gasteiger partial charge in [-0.2, -0.15) is 0 Å². The fourth-order valence-corrected chi connectivity index (χ4v) is 3.81. The molecule has 6 heteroatoms. The lowest BCUT2D eigenvalue weighted by atomic mass is 9.76. The van der Waals surface area contributed by atoms with Crippen LogP contribution in [0, 0.1) is 5.92 Å². The third kappa shape index (κ3) is 2.93. The largest absolute Gasteiger partial charge is 0.479 e. The van der Waals surface area contributed by atoms with Crippen LogP contribution in [0.5, 0.6) is 0 Å². The monoisotopic (exact) mass is 312 g/mol. The normalized spacial score (nSPS) is 31.2. The smallest absolute Gasteiger partial charge is 0.411 e. The number of nitrogens with zero attached hydrogens (tertiary/aromatic N) is 2. The van der Waals surface area contributed by atoms with Crippen molar-refractivity contribution in [2.75, 3.05) is 19.6 Å². The highest BCUT2D eigenvalue weighted by atomic mass is 16.6. The number of carboxylic acids is 1. The Morgan fingerprint density at radius 1 is 1.32 bits per heavy atom. The Morgan fingerprint density at radius 2 is 1.95 bits per heavy atom. The lowest BCUT2D eigenvalue weighted by Gasteiger charge is -2.48. The molecule has 126 valence electrons. The molecule has 0 saturated carbocycles. The fraction of sp³-hybridized carbons (Fsp3) is 0.875. The van der Waals surface area contributed by atoms with Crippen molar-refractivity contribution in [1.29, 1.82) is 0 Å². The van der Waals surface area contributed by atoms with Gasteiger partial charge in [0.2, 0.25) is 0 Å². The summed E-state index contributed by atoms with van der Waals surface area (Å²) in [4.78, 5) is 28.7. The molecule has 0 aliphatic carbocycles. The maximum absolute atomic E-state index is 12.7. The van der Waals surface area contributed by atoms with E-state index in [0.717, 1.165) is 26.1 Å². The molecule has 2 rings (SSSR count). The van der Waals surface area contributed by atoms with Crippen LogP contribution >= 0.6 is 0 Å². The summed E-state index contributed by atoms with van der Waals surface area (Å²) in [6.07, 6.45) is 0.758. The van der Waals surface area contributed by atoms with E-state index in [0.29, 0.717) is 6.42 Å². The number of amides is 1. The molecular weight excluding hydrogens is 284 g/mol. The molecule has 3 unspecified atom stereocenters. The summed E-state index contributed by atoms with van der Waals surface area (Å²) in [6.45, 7) is 11.5. The van der Waals surface area contributed by atoms with E-state index < -0.39 is 23.2 Å². The van der Waals surface area contributed by atoms with Gasteiger partial charge in [-0.05, 0) is 54.0 Å². The van der Waals surface area contributed by atoms with E-state index in [2.05, 4.69) is 4.90 Å². The van der Waals surface area contributed by atoms with Crippen LogP contribution in [0.15, 0.2) is 0 Å². The number of hydrogen-bond acceptors (Lipinski definition) is 4. The first-order valence-corrected chi connectivity index (χ1v) is 8.06. The number of fused-ring (bicyclic) bond motifs is 2. The summed E-state index contributed by atoms with van der Waals surface area (Å²) in [5.41, 5.74) is -1.79. The summed E-state index contributed by atoms with van der Waals surface area (Å²) in [6, 6.07) is -0.224. The number of piperidine rings is 1. The Bertz CT molecular complexity index is 458. The number of rotatable bonds is 3. The van der Waals surface area contributed by atoms with Crippen molar-refractivity contribution in [2.45, 2.75) is 64.6 Å². The van der Waals surface area contributed by atoms with Crippen LogP contribution in [0.3, 0.4) is 0 Å². The maximum atomic E-state index is 12.7. The lowest BCUT2D eigenvalue weighted by molar-refractivity contribution is -0.159. The Kier molecular flexibility index (Phi) is 4.44. The van der Waals surface area contributed by atoms with Gasteiger partial charge in [0.05, 0.1) is 0 Å². The first-order chi connectivity index (χ1) is 10.1. The van der Waals surface area contributed by atoms with Gasteiger partial charge in [-0.1, -0.05) is 0 Å². The van der Waals surface area contributed by atoms with Crippen LogP contribution in [0.2, 0.25) is 0 Å². The van der Waals surface area contributed by atoms with Gasteiger partial charge in [-0.25, -0.2) is 9.59 Å². The molecule has 2 aliphatic rings. The zero-order chi connectivity index (χ0) is 16.7. The number of carbonyl (C=O) groups excluding carboxylic acids is 1. The van der Waals surface area contributed by atoms with Gasteiger partial charge >= 0.3 is 12.1 Å². The van der Waals surface area contributed by atoms with Crippen molar-refractivity contribution in [3.8, 4) is 0 Å². The SMILES string of the molecule is CC(C)N(C(=O)OC(C)(C)C)C1(C(=O)O)CCN2CCC1C2. The van der Waals surface area contributed by atoms with E-state index in [9.17, 15) is 14.7 Å². The zero-order valence-electron chi connectivity index (χ0n) is 14.3. The molecule has 0 spiro atoms. The second kappa shape index (κ2) is 5.72. The molecule has 2 bridgehead atoms. The molecule has 0 aromatic heterocycles. The highest BCUT2D eigenvalue weighted by molar-refractivity contribution is 5.85. The van der Waals surface area contributed by atoms with Crippen LogP contribution in [-0.4, -0.2) is 63.8 Å². The van der Waals surface area contributed by atoms with E-state index in [1.54, 1.807) is 20.8 Å². The van der Waals surface area contributed by atoms with Crippen LogP contribution in [0.1, 0.15) is 47.5 Å². The van der Waals surface area contributed by atoms with Crippen molar-refractivity contribution in [3.05, 3.63) is 0 Å².